The van der Waals surface area contributed by atoms with Crippen LogP contribution in [0.15, 0.2) is 0 Å². The highest BCUT2D eigenvalue weighted by Gasteiger charge is 2.93. The number of hydrogen-bond acceptors (Lipinski definition) is 8. The van der Waals surface area contributed by atoms with E-state index in [1.165, 1.54) is 0 Å². The second kappa shape index (κ2) is 11.7. The van der Waals surface area contributed by atoms with E-state index in [0.29, 0.717) is 12.8 Å². The number of hydrogen-bond donors (Lipinski definition) is 4. The molecule has 0 bridgehead atoms. The highest BCUT2D eigenvalue weighted by Crippen LogP contribution is 2.90. The number of rotatable bonds is 15. The fraction of sp³-hybridized carbons (Fsp3) is 0.944. The molecular formula is C36H64N2O8. The number of nitrogens with zero attached hydrogens (tertiary/aromatic N) is 2. The van der Waals surface area contributed by atoms with Crippen LogP contribution in [0, 0.1) is 34.5 Å². The average molecular weight is 653 g/mol. The average Bonchev–Trinajstić information content (AvgIpc) is 3.69. The molecule has 6 unspecified atom stereocenters. The monoisotopic (exact) mass is 652 g/mol. The van der Waals surface area contributed by atoms with Gasteiger partial charge in [0, 0.05) is 28.6 Å². The first-order valence-electron chi connectivity index (χ1n) is 17.5. The molecule has 2 aliphatic carbocycles. The molecule has 0 aromatic rings. The molecule has 266 valence electrons. The van der Waals surface area contributed by atoms with Crippen LogP contribution in [0.2, 0.25) is 0 Å². The van der Waals surface area contributed by atoms with Crippen molar-refractivity contribution in [1.29, 1.82) is 0 Å². The third-order valence-electron chi connectivity index (χ3n) is 11.9. The van der Waals surface area contributed by atoms with Crippen LogP contribution in [0.4, 0.5) is 0 Å². The van der Waals surface area contributed by atoms with Crippen molar-refractivity contribution >= 4 is 11.9 Å². The molecule has 0 radical (unpaired) electrons. The third-order valence-corrected chi connectivity index (χ3v) is 11.9. The van der Waals surface area contributed by atoms with Gasteiger partial charge in [-0.2, -0.15) is 10.1 Å². The molecule has 0 aromatic carbocycles. The highest BCUT2D eigenvalue weighted by molar-refractivity contribution is 5.83. The summed E-state index contributed by atoms with van der Waals surface area (Å²) in [7, 11) is 0. The molecule has 4 rings (SSSR count). The molecule has 10 heteroatoms. The Bertz CT molecular complexity index is 1170. The van der Waals surface area contributed by atoms with Gasteiger partial charge >= 0.3 is 11.9 Å². The maximum Gasteiger partial charge on any atom is 0.310 e. The number of aliphatic carboxylic acids is 2. The molecule has 2 saturated carbocycles. The minimum absolute atomic E-state index is 0.0424. The summed E-state index contributed by atoms with van der Waals surface area (Å²) in [6.45, 7) is 24.3. The Hall–Kier alpha value is -1.30. The van der Waals surface area contributed by atoms with E-state index >= 15 is 0 Å². The summed E-state index contributed by atoms with van der Waals surface area (Å²) < 4.78 is 0. The van der Waals surface area contributed by atoms with Crippen LogP contribution in [-0.4, -0.2) is 89.1 Å². The van der Waals surface area contributed by atoms with Gasteiger partial charge in [-0.15, -0.1) is 0 Å². The third kappa shape index (κ3) is 6.17. The first kappa shape index (κ1) is 37.5. The van der Waals surface area contributed by atoms with E-state index in [2.05, 4.69) is 60.5 Å². The van der Waals surface area contributed by atoms with Gasteiger partial charge in [0.25, 0.3) is 0 Å². The molecule has 2 saturated heterocycles. The number of carbonyl (C=O) groups is 2. The lowest BCUT2D eigenvalue weighted by Gasteiger charge is -2.52. The maximum atomic E-state index is 14.1. The van der Waals surface area contributed by atoms with Crippen molar-refractivity contribution in [2.45, 2.75) is 168 Å². The van der Waals surface area contributed by atoms with Crippen LogP contribution in [-0.2, 0) is 19.3 Å². The quantitative estimate of drug-likeness (QED) is 0.158. The normalized spacial score (nSPS) is 36.0. The first-order chi connectivity index (χ1) is 20.7. The van der Waals surface area contributed by atoms with Crippen molar-refractivity contribution in [2.24, 2.45) is 34.5 Å². The Labute approximate surface area is 277 Å². The van der Waals surface area contributed by atoms with Crippen molar-refractivity contribution in [1.82, 2.24) is 10.1 Å². The minimum Gasteiger partial charge on any atom is -0.481 e. The van der Waals surface area contributed by atoms with Gasteiger partial charge in [-0.25, -0.2) is 0 Å². The Morgan fingerprint density at radius 2 is 1.13 bits per heavy atom. The Kier molecular flexibility index (Phi) is 9.50. The van der Waals surface area contributed by atoms with Crippen LogP contribution >= 0.6 is 0 Å². The number of carboxylic acids is 2. The summed E-state index contributed by atoms with van der Waals surface area (Å²) in [6.07, 6.45) is 5.48. The van der Waals surface area contributed by atoms with Crippen molar-refractivity contribution in [3.63, 3.8) is 0 Å². The van der Waals surface area contributed by atoms with E-state index in [1.54, 1.807) is 27.7 Å². The zero-order chi connectivity index (χ0) is 35.1. The van der Waals surface area contributed by atoms with Crippen molar-refractivity contribution in [2.75, 3.05) is 13.2 Å². The fourth-order valence-electron chi connectivity index (χ4n) is 11.2. The number of unbranched alkanes of at least 4 members (excludes halogenated alkanes) is 3. The maximum absolute atomic E-state index is 14.1. The van der Waals surface area contributed by atoms with Gasteiger partial charge in [-0.05, 0) is 138 Å². The predicted molar refractivity (Wildman–Crippen MR) is 176 cm³/mol. The van der Waals surface area contributed by atoms with Gasteiger partial charge in [0.1, 0.15) is 0 Å². The molecule has 0 spiro atoms. The Morgan fingerprint density at radius 3 is 1.57 bits per heavy atom. The SMILES string of the molecule is CC(C)(O)CON1C(C)(C)CC2C(C1(C)C)C2(CCCCCCC(=O)O)C1(C(=O)O)C2CC(C)(C)N(OCC(C)(C)O)C(C)(C)C21. The van der Waals surface area contributed by atoms with Crippen LogP contribution < -0.4 is 0 Å². The lowest BCUT2D eigenvalue weighted by molar-refractivity contribution is -0.300. The topological polar surface area (TPSA) is 140 Å². The number of hydroxylamine groups is 4. The summed E-state index contributed by atoms with van der Waals surface area (Å²) in [4.78, 5) is 38.0. The molecule has 0 amide bonds. The summed E-state index contributed by atoms with van der Waals surface area (Å²) in [5.74, 6) is -1.49. The van der Waals surface area contributed by atoms with Crippen LogP contribution in [0.3, 0.4) is 0 Å². The van der Waals surface area contributed by atoms with Gasteiger partial charge in [0.2, 0.25) is 0 Å². The summed E-state index contributed by atoms with van der Waals surface area (Å²) in [6, 6.07) is 0. The Morgan fingerprint density at radius 1 is 0.696 bits per heavy atom. The van der Waals surface area contributed by atoms with Crippen LogP contribution in [0.5, 0.6) is 0 Å². The molecule has 46 heavy (non-hydrogen) atoms. The standard InChI is InChI=1S/C36H64N2O8/c1-29(2)19-23-26(33(9,10)37(29)45-21-31(5,6)43)35(23,18-16-14-13-15-17-25(39)40)36(28(41)42)24-20-30(3,4)38(34(11,12)27(24)36)46-22-32(7,8)44/h23-24,26-27,43-44H,13-22H2,1-12H3,(H,39,40)(H,41,42). The first-order valence-corrected chi connectivity index (χ1v) is 17.5. The van der Waals surface area contributed by atoms with Gasteiger partial charge in [0.05, 0.1) is 29.8 Å². The molecule has 4 fully saturated rings. The van der Waals surface area contributed by atoms with E-state index < -0.39 is 56.1 Å². The van der Waals surface area contributed by atoms with Crippen LogP contribution in [0.1, 0.15) is 134 Å². The molecule has 0 aromatic heterocycles. The smallest absolute Gasteiger partial charge is 0.310 e. The van der Waals surface area contributed by atoms with Crippen LogP contribution in [0.25, 0.3) is 0 Å². The largest absolute Gasteiger partial charge is 0.481 e. The van der Waals surface area contributed by atoms with E-state index in [0.717, 1.165) is 32.1 Å². The van der Waals surface area contributed by atoms with E-state index in [1.807, 2.05) is 5.06 Å². The molecule has 10 nitrogen and oxygen atoms in total. The zero-order valence-corrected chi connectivity index (χ0v) is 30.7. The Balaban J connectivity index is 1.78. The molecule has 6 atom stereocenters. The molecular weight excluding hydrogens is 588 g/mol. The number of fused-ring (bicyclic) bond motifs is 2. The van der Waals surface area contributed by atoms with Gasteiger partial charge in [-0.3, -0.25) is 19.3 Å². The lowest BCUT2D eigenvalue weighted by Crippen LogP contribution is -2.61. The van der Waals surface area contributed by atoms with E-state index in [-0.39, 0.29) is 43.3 Å². The second-order valence-electron chi connectivity index (χ2n) is 18.8. The van der Waals surface area contributed by atoms with E-state index in [9.17, 15) is 24.9 Å². The summed E-state index contributed by atoms with van der Waals surface area (Å²) >= 11 is 0. The summed E-state index contributed by atoms with van der Waals surface area (Å²) in [5, 5.41) is 45.8. The molecule has 2 aliphatic heterocycles. The van der Waals surface area contributed by atoms with E-state index in [4.69, 9.17) is 14.8 Å². The van der Waals surface area contributed by atoms with Gasteiger partial charge < -0.3 is 20.4 Å². The zero-order valence-electron chi connectivity index (χ0n) is 30.7. The fourth-order valence-corrected chi connectivity index (χ4v) is 11.2. The molecule has 4 aliphatic rings. The summed E-state index contributed by atoms with van der Waals surface area (Å²) in [5.41, 5.74) is -5.50. The number of aliphatic hydroxyl groups is 2. The second-order valence-corrected chi connectivity index (χ2v) is 18.8. The van der Waals surface area contributed by atoms with Crippen molar-refractivity contribution in [3.05, 3.63) is 0 Å². The number of carboxylic acid groups (broad SMARTS) is 2. The predicted octanol–water partition coefficient (Wildman–Crippen LogP) is 5.89. The van der Waals surface area contributed by atoms with Gasteiger partial charge in [-0.1, -0.05) is 19.3 Å². The van der Waals surface area contributed by atoms with Crippen molar-refractivity contribution in [3.8, 4) is 0 Å². The molecule has 4 N–H and O–H groups in total. The number of piperidine rings is 2. The minimum atomic E-state index is -1.04. The lowest BCUT2D eigenvalue weighted by atomic mass is 9.71. The highest BCUT2D eigenvalue weighted by atomic mass is 16.7. The van der Waals surface area contributed by atoms with Crippen molar-refractivity contribution < 1.29 is 39.7 Å². The molecule has 2 heterocycles. The van der Waals surface area contributed by atoms with Gasteiger partial charge in [0.15, 0.2) is 0 Å².